The molecule has 0 N–H and O–H groups in total. The normalized spacial score (nSPS) is 13.3. The number of rotatable bonds is 4. The quantitative estimate of drug-likeness (QED) is 0.602. The van der Waals surface area contributed by atoms with Crippen molar-refractivity contribution in [3.63, 3.8) is 0 Å². The first-order valence-electron chi connectivity index (χ1n) is 9.43. The third-order valence-electron chi connectivity index (χ3n) is 4.52. The Balaban J connectivity index is 0.000000806. The van der Waals surface area contributed by atoms with Gasteiger partial charge in [-0.05, 0) is 30.2 Å². The zero-order valence-corrected chi connectivity index (χ0v) is 16.8. The number of carbonyl (C=O) groups is 1. The number of hydrogen-bond acceptors (Lipinski definition) is 8. The lowest BCUT2D eigenvalue weighted by atomic mass is 10.1. The molecule has 0 unspecified atom stereocenters. The van der Waals surface area contributed by atoms with Crippen LogP contribution in [0.15, 0.2) is 36.5 Å². The van der Waals surface area contributed by atoms with Gasteiger partial charge in [-0.25, -0.2) is 9.50 Å². The van der Waals surface area contributed by atoms with Gasteiger partial charge in [0, 0.05) is 31.8 Å². The lowest BCUT2D eigenvalue weighted by molar-refractivity contribution is -0.191. The molecule has 0 atom stereocenters. The van der Waals surface area contributed by atoms with Gasteiger partial charge >= 0.3 is 12.1 Å². The Labute approximate surface area is 173 Å². The monoisotopic (exact) mass is 410 g/mol. The molecule has 1 aliphatic rings. The number of hydrogen-bond donors (Lipinski definition) is 0. The van der Waals surface area contributed by atoms with E-state index in [0.29, 0.717) is 19.0 Å². The van der Waals surface area contributed by atoms with E-state index in [9.17, 15) is 4.79 Å². The number of anilines is 1. The van der Waals surface area contributed by atoms with Crippen molar-refractivity contribution in [2.75, 3.05) is 31.2 Å². The molecule has 0 radical (unpaired) electrons. The fourth-order valence-electron chi connectivity index (χ4n) is 3.23. The van der Waals surface area contributed by atoms with E-state index in [1.54, 1.807) is 0 Å². The Kier molecular flexibility index (Phi) is 6.90. The second-order valence-corrected chi connectivity index (χ2v) is 6.77. The average Bonchev–Trinajstić information content (AvgIpc) is 3.13. The molecule has 3 aromatic rings. The number of aromatic nitrogens is 3. The topological polar surface area (TPSA) is 103 Å². The highest BCUT2D eigenvalue weighted by atomic mass is 16.5. The molecular weight excluding hydrogens is 388 g/mol. The van der Waals surface area contributed by atoms with Gasteiger partial charge in [-0.1, -0.05) is 18.2 Å². The van der Waals surface area contributed by atoms with Crippen LogP contribution in [-0.4, -0.2) is 53.0 Å². The minimum Gasteiger partial charge on any atom is -0.461 e. The van der Waals surface area contributed by atoms with Gasteiger partial charge in [0.05, 0.1) is 13.2 Å². The zero-order chi connectivity index (χ0) is 21.5. The molecule has 0 aliphatic carbocycles. The minimum absolute atomic E-state index is 0.240. The lowest BCUT2D eigenvalue weighted by Crippen LogP contribution is -2.37. The maximum absolute atomic E-state index is 11.1. The fourth-order valence-corrected chi connectivity index (χ4v) is 3.23. The van der Waals surface area contributed by atoms with Gasteiger partial charge < -0.3 is 14.4 Å². The summed E-state index contributed by atoms with van der Waals surface area (Å²) in [5.74, 6) is 1.27. The van der Waals surface area contributed by atoms with Crippen molar-refractivity contribution in [3.05, 3.63) is 47.7 Å². The smallest absolute Gasteiger partial charge is 0.373 e. The van der Waals surface area contributed by atoms with Crippen LogP contribution in [0.4, 0.5) is 5.82 Å². The Morgan fingerprint density at radius 3 is 2.67 bits per heavy atom. The minimum atomic E-state index is -0.296. The number of esters is 1. The number of aryl methyl sites for hydroxylation is 1. The van der Waals surface area contributed by atoms with E-state index in [-0.39, 0.29) is 18.7 Å². The summed E-state index contributed by atoms with van der Waals surface area (Å²) in [5.41, 5.74) is 3.93. The first-order valence-corrected chi connectivity index (χ1v) is 9.43. The molecule has 1 aliphatic heterocycles. The Bertz CT molecular complexity index is 1070. The molecule has 2 aromatic heterocycles. The standard InChI is InChI=1S/C20H22N4O3.CO2/c1-14-10-18-20(23-6-8-26-9-7-23)21-19(22-24(18)12-14)17-5-3-4-16(11-17)13-27-15(2)25;2-1-3/h3-5,10-12H,6-9,13H2,1-2H3;. The number of ether oxygens (including phenoxy) is 2. The second-order valence-electron chi connectivity index (χ2n) is 6.77. The molecule has 0 bridgehead atoms. The number of carbonyl (C=O) groups excluding carboxylic acids is 3. The van der Waals surface area contributed by atoms with Gasteiger partial charge in [-0.3, -0.25) is 4.79 Å². The first-order chi connectivity index (χ1) is 14.5. The van der Waals surface area contributed by atoms with E-state index < -0.39 is 0 Å². The van der Waals surface area contributed by atoms with Crippen LogP contribution >= 0.6 is 0 Å². The van der Waals surface area contributed by atoms with E-state index >= 15 is 0 Å². The van der Waals surface area contributed by atoms with Gasteiger partial charge in [0.2, 0.25) is 0 Å². The molecule has 9 heteroatoms. The Morgan fingerprint density at radius 2 is 1.97 bits per heavy atom. The molecular formula is C21H22N4O5. The zero-order valence-electron chi connectivity index (χ0n) is 16.8. The lowest BCUT2D eigenvalue weighted by Gasteiger charge is -2.28. The van der Waals surface area contributed by atoms with Gasteiger partial charge in [0.1, 0.15) is 12.1 Å². The maximum Gasteiger partial charge on any atom is 0.373 e. The van der Waals surface area contributed by atoms with Gasteiger partial charge in [-0.15, -0.1) is 5.10 Å². The van der Waals surface area contributed by atoms with Gasteiger partial charge in [0.25, 0.3) is 0 Å². The summed E-state index contributed by atoms with van der Waals surface area (Å²) in [7, 11) is 0. The first kappa shape index (κ1) is 21.2. The highest BCUT2D eigenvalue weighted by Crippen LogP contribution is 2.26. The largest absolute Gasteiger partial charge is 0.461 e. The van der Waals surface area contributed by atoms with E-state index in [1.807, 2.05) is 35.0 Å². The van der Waals surface area contributed by atoms with E-state index in [4.69, 9.17) is 29.1 Å². The van der Waals surface area contributed by atoms with Crippen molar-refractivity contribution in [3.8, 4) is 11.4 Å². The second kappa shape index (κ2) is 9.78. The molecule has 4 rings (SSSR count). The van der Waals surface area contributed by atoms with Crippen LogP contribution in [0.3, 0.4) is 0 Å². The SMILES string of the molecule is CC(=O)OCc1cccc(-c2nc(N3CCOCC3)c3cc(C)cn3n2)c1.O=C=O. The van der Waals surface area contributed by atoms with Crippen LogP contribution in [0, 0.1) is 6.92 Å². The van der Waals surface area contributed by atoms with Crippen molar-refractivity contribution >= 4 is 23.5 Å². The third-order valence-corrected chi connectivity index (χ3v) is 4.52. The summed E-state index contributed by atoms with van der Waals surface area (Å²) in [6.45, 7) is 6.71. The molecule has 1 saturated heterocycles. The van der Waals surface area contributed by atoms with Crippen LogP contribution < -0.4 is 4.90 Å². The number of benzene rings is 1. The number of nitrogens with zero attached hydrogens (tertiary/aromatic N) is 4. The fraction of sp³-hybridized carbons (Fsp3) is 0.333. The van der Waals surface area contributed by atoms with E-state index in [0.717, 1.165) is 41.1 Å². The van der Waals surface area contributed by atoms with Crippen molar-refractivity contribution in [1.82, 2.24) is 14.6 Å². The molecule has 1 fully saturated rings. The highest BCUT2D eigenvalue weighted by Gasteiger charge is 2.19. The molecule has 0 amide bonds. The summed E-state index contributed by atoms with van der Waals surface area (Å²) >= 11 is 0. The van der Waals surface area contributed by atoms with Crippen molar-refractivity contribution < 1.29 is 23.9 Å². The Morgan fingerprint density at radius 1 is 1.23 bits per heavy atom. The molecule has 0 saturated carbocycles. The summed E-state index contributed by atoms with van der Waals surface area (Å²) in [5, 5.41) is 4.70. The summed E-state index contributed by atoms with van der Waals surface area (Å²) in [6, 6.07) is 9.89. The van der Waals surface area contributed by atoms with E-state index in [2.05, 4.69) is 17.9 Å². The van der Waals surface area contributed by atoms with Crippen molar-refractivity contribution in [2.24, 2.45) is 0 Å². The number of morpholine rings is 1. The summed E-state index contributed by atoms with van der Waals surface area (Å²) in [6.07, 6.45) is 2.26. The number of fused-ring (bicyclic) bond motifs is 1. The predicted molar refractivity (Wildman–Crippen MR) is 107 cm³/mol. The van der Waals surface area contributed by atoms with Crippen LogP contribution in [0.2, 0.25) is 0 Å². The maximum atomic E-state index is 11.1. The van der Waals surface area contributed by atoms with Crippen molar-refractivity contribution in [1.29, 1.82) is 0 Å². The average molecular weight is 410 g/mol. The van der Waals surface area contributed by atoms with Crippen LogP contribution in [0.1, 0.15) is 18.1 Å². The molecule has 3 heterocycles. The molecule has 0 spiro atoms. The predicted octanol–water partition coefficient (Wildman–Crippen LogP) is 2.02. The van der Waals surface area contributed by atoms with E-state index in [1.165, 1.54) is 6.92 Å². The molecule has 156 valence electrons. The molecule has 30 heavy (non-hydrogen) atoms. The van der Waals surface area contributed by atoms with Crippen LogP contribution in [-0.2, 0) is 30.5 Å². The Hall–Kier alpha value is -3.55. The van der Waals surface area contributed by atoms with Crippen molar-refractivity contribution in [2.45, 2.75) is 20.5 Å². The molecule has 9 nitrogen and oxygen atoms in total. The van der Waals surface area contributed by atoms with Crippen LogP contribution in [0.25, 0.3) is 16.9 Å². The summed E-state index contributed by atoms with van der Waals surface area (Å²) < 4.78 is 12.5. The van der Waals surface area contributed by atoms with Gasteiger partial charge in [-0.2, -0.15) is 9.59 Å². The van der Waals surface area contributed by atoms with Gasteiger partial charge in [0.15, 0.2) is 11.6 Å². The summed E-state index contributed by atoms with van der Waals surface area (Å²) in [4.78, 5) is 34.4. The third kappa shape index (κ3) is 5.08. The molecule has 1 aromatic carbocycles. The highest BCUT2D eigenvalue weighted by molar-refractivity contribution is 5.73. The van der Waals surface area contributed by atoms with Crippen LogP contribution in [0.5, 0.6) is 0 Å².